The molecule has 3 rings (SSSR count). The van der Waals surface area contributed by atoms with E-state index in [0.29, 0.717) is 22.7 Å². The van der Waals surface area contributed by atoms with Gasteiger partial charge in [-0.05, 0) is 31.7 Å². The fourth-order valence-electron chi connectivity index (χ4n) is 3.18. The normalized spacial score (nSPS) is 10.9. The second kappa shape index (κ2) is 10.2. The van der Waals surface area contributed by atoms with Crippen LogP contribution in [0.1, 0.15) is 22.8 Å². The molecular formula is C22H26N4O4S. The minimum absolute atomic E-state index is 0.174. The third-order valence-electron chi connectivity index (χ3n) is 4.71. The first-order chi connectivity index (χ1) is 14.9. The molecule has 0 saturated heterocycles. The highest BCUT2D eigenvalue weighted by Gasteiger charge is 2.22. The molecule has 1 aromatic carbocycles. The van der Waals surface area contributed by atoms with Gasteiger partial charge in [0.05, 0.1) is 27.0 Å². The van der Waals surface area contributed by atoms with Gasteiger partial charge in [0, 0.05) is 35.8 Å². The molecule has 164 valence electrons. The van der Waals surface area contributed by atoms with Gasteiger partial charge in [-0.1, -0.05) is 12.1 Å². The predicted molar refractivity (Wildman–Crippen MR) is 121 cm³/mol. The molecule has 0 aliphatic rings. The van der Waals surface area contributed by atoms with E-state index in [0.717, 1.165) is 23.4 Å². The highest BCUT2D eigenvalue weighted by Crippen LogP contribution is 2.36. The quantitative estimate of drug-likeness (QED) is 0.511. The molecule has 9 heteroatoms. The van der Waals surface area contributed by atoms with E-state index in [4.69, 9.17) is 9.47 Å². The Kier molecular flexibility index (Phi) is 7.43. The van der Waals surface area contributed by atoms with Crippen LogP contribution in [0, 0.1) is 0 Å². The largest absolute Gasteiger partial charge is 0.497 e. The Morgan fingerprint density at radius 3 is 2.58 bits per heavy atom. The zero-order chi connectivity index (χ0) is 22.4. The molecule has 1 amide bonds. The van der Waals surface area contributed by atoms with Crippen LogP contribution in [0.3, 0.4) is 0 Å². The van der Waals surface area contributed by atoms with E-state index in [1.807, 2.05) is 59.4 Å². The topological polar surface area (TPSA) is 85.7 Å². The Morgan fingerprint density at radius 1 is 1.23 bits per heavy atom. The minimum Gasteiger partial charge on any atom is -0.497 e. The summed E-state index contributed by atoms with van der Waals surface area (Å²) in [7, 11) is 4.79. The van der Waals surface area contributed by atoms with Crippen molar-refractivity contribution < 1.29 is 19.1 Å². The summed E-state index contributed by atoms with van der Waals surface area (Å²) in [4.78, 5) is 27.0. The zero-order valence-corrected chi connectivity index (χ0v) is 18.9. The molecule has 31 heavy (non-hydrogen) atoms. The Morgan fingerprint density at radius 2 is 1.97 bits per heavy atom. The van der Waals surface area contributed by atoms with Gasteiger partial charge in [0.1, 0.15) is 16.3 Å². The number of aryl methyl sites for hydroxylation is 1. The number of carbonyl (C=O) groups excluding carboxylic acids is 2. The van der Waals surface area contributed by atoms with Gasteiger partial charge in [-0.15, -0.1) is 11.3 Å². The molecule has 0 spiro atoms. The number of esters is 1. The van der Waals surface area contributed by atoms with Gasteiger partial charge >= 0.3 is 5.97 Å². The predicted octanol–water partition coefficient (Wildman–Crippen LogP) is 3.50. The first-order valence-electron chi connectivity index (χ1n) is 9.79. The maximum absolute atomic E-state index is 12.6. The monoisotopic (exact) mass is 442 g/mol. The third kappa shape index (κ3) is 5.50. The number of aromatic nitrogens is 2. The highest BCUT2D eigenvalue weighted by molar-refractivity contribution is 7.15. The van der Waals surface area contributed by atoms with Crippen molar-refractivity contribution in [3.8, 4) is 16.9 Å². The molecule has 0 atom stereocenters. The lowest BCUT2D eigenvalue weighted by Crippen LogP contribution is -2.30. The number of thiophene rings is 1. The Balaban J connectivity index is 1.73. The molecule has 0 aliphatic heterocycles. The smallest absolute Gasteiger partial charge is 0.341 e. The van der Waals surface area contributed by atoms with E-state index in [9.17, 15) is 9.59 Å². The fourth-order valence-corrected chi connectivity index (χ4v) is 4.15. The van der Waals surface area contributed by atoms with Crippen molar-refractivity contribution in [3.63, 3.8) is 0 Å². The summed E-state index contributed by atoms with van der Waals surface area (Å²) in [6.45, 7) is 3.59. The van der Waals surface area contributed by atoms with Gasteiger partial charge in [0.25, 0.3) is 0 Å². The summed E-state index contributed by atoms with van der Waals surface area (Å²) < 4.78 is 12.0. The van der Waals surface area contributed by atoms with Gasteiger partial charge in [0.15, 0.2) is 0 Å². The van der Waals surface area contributed by atoms with Gasteiger partial charge in [0.2, 0.25) is 5.91 Å². The molecule has 0 radical (unpaired) electrons. The summed E-state index contributed by atoms with van der Waals surface area (Å²) in [5.74, 6) is 0.0148. The number of hydrogen-bond donors (Lipinski definition) is 1. The van der Waals surface area contributed by atoms with Crippen LogP contribution in [-0.2, 0) is 22.6 Å². The van der Waals surface area contributed by atoms with Crippen LogP contribution >= 0.6 is 11.3 Å². The van der Waals surface area contributed by atoms with E-state index >= 15 is 0 Å². The van der Waals surface area contributed by atoms with E-state index in [1.54, 1.807) is 13.3 Å². The lowest BCUT2D eigenvalue weighted by atomic mass is 10.0. The van der Waals surface area contributed by atoms with Gasteiger partial charge in [-0.25, -0.2) is 4.79 Å². The number of carbonyl (C=O) groups is 2. The van der Waals surface area contributed by atoms with Crippen molar-refractivity contribution in [2.75, 3.05) is 33.1 Å². The maximum Gasteiger partial charge on any atom is 0.341 e. The van der Waals surface area contributed by atoms with E-state index < -0.39 is 5.97 Å². The van der Waals surface area contributed by atoms with Crippen molar-refractivity contribution in [2.24, 2.45) is 0 Å². The third-order valence-corrected chi connectivity index (χ3v) is 5.61. The summed E-state index contributed by atoms with van der Waals surface area (Å²) in [6.07, 6.45) is 3.76. The number of nitrogens with zero attached hydrogens (tertiary/aromatic N) is 3. The summed E-state index contributed by atoms with van der Waals surface area (Å²) in [6, 6.07) is 7.37. The number of methoxy groups -OCH3 is 2. The van der Waals surface area contributed by atoms with Crippen LogP contribution in [0.5, 0.6) is 5.75 Å². The van der Waals surface area contributed by atoms with Crippen molar-refractivity contribution in [2.45, 2.75) is 20.0 Å². The molecule has 1 N–H and O–H groups in total. The summed E-state index contributed by atoms with van der Waals surface area (Å²) >= 11 is 1.29. The summed E-state index contributed by atoms with van der Waals surface area (Å²) in [5.41, 5.74) is 2.92. The van der Waals surface area contributed by atoms with Crippen LogP contribution in [0.4, 0.5) is 5.00 Å². The molecular weight excluding hydrogens is 416 g/mol. The number of anilines is 1. The molecule has 0 saturated carbocycles. The lowest BCUT2D eigenvalue weighted by molar-refractivity contribution is -0.117. The van der Waals surface area contributed by atoms with Crippen molar-refractivity contribution in [1.29, 1.82) is 0 Å². The minimum atomic E-state index is -0.497. The number of nitrogens with one attached hydrogen (secondary N) is 1. The SMILES string of the molecule is CCn1cc(CN(C)CC(=O)Nc2scc(-c3ccc(OC)cc3)c2C(=O)OC)cn1. The average Bonchev–Trinajstić information content (AvgIpc) is 3.39. The van der Waals surface area contributed by atoms with Crippen LogP contribution < -0.4 is 10.1 Å². The standard InChI is InChI=1S/C22H26N4O4S/c1-5-26-12-15(10-23-26)11-25(2)13-19(27)24-21-20(22(28)30-4)18(14-31-21)16-6-8-17(29-3)9-7-16/h6-10,12,14H,5,11,13H2,1-4H3,(H,24,27). The first kappa shape index (κ1) is 22.5. The lowest BCUT2D eigenvalue weighted by Gasteiger charge is -2.15. The van der Waals surface area contributed by atoms with Crippen molar-refractivity contribution in [3.05, 3.63) is 53.2 Å². The first-order valence-corrected chi connectivity index (χ1v) is 10.7. The molecule has 2 heterocycles. The molecule has 3 aromatic rings. The van der Waals surface area contributed by atoms with E-state index in [2.05, 4.69) is 10.4 Å². The molecule has 8 nitrogen and oxygen atoms in total. The van der Waals surface area contributed by atoms with E-state index in [1.165, 1.54) is 18.4 Å². The Bertz CT molecular complexity index is 1040. The van der Waals surface area contributed by atoms with Crippen LogP contribution in [0.25, 0.3) is 11.1 Å². The number of likely N-dealkylation sites (N-methyl/N-ethyl adjacent to an activating group) is 1. The molecule has 0 aliphatic carbocycles. The summed E-state index contributed by atoms with van der Waals surface area (Å²) in [5, 5.41) is 9.42. The number of amides is 1. The Labute approximate surface area is 185 Å². The zero-order valence-electron chi connectivity index (χ0n) is 18.0. The van der Waals surface area contributed by atoms with E-state index in [-0.39, 0.29) is 12.5 Å². The van der Waals surface area contributed by atoms with Gasteiger partial charge < -0.3 is 14.8 Å². The molecule has 0 fully saturated rings. The number of hydrogen-bond acceptors (Lipinski definition) is 7. The molecule has 0 unspecified atom stereocenters. The highest BCUT2D eigenvalue weighted by atomic mass is 32.1. The second-order valence-corrected chi connectivity index (χ2v) is 7.88. The van der Waals surface area contributed by atoms with Crippen molar-refractivity contribution in [1.82, 2.24) is 14.7 Å². The number of benzene rings is 1. The Hall–Kier alpha value is -3.17. The van der Waals surface area contributed by atoms with Gasteiger partial charge in [-0.2, -0.15) is 5.10 Å². The van der Waals surface area contributed by atoms with Crippen molar-refractivity contribution >= 4 is 28.2 Å². The molecule has 2 aromatic heterocycles. The fraction of sp³-hybridized carbons (Fsp3) is 0.318. The van der Waals surface area contributed by atoms with Crippen LogP contribution in [-0.4, -0.2) is 54.4 Å². The van der Waals surface area contributed by atoms with Crippen LogP contribution in [0.2, 0.25) is 0 Å². The molecule has 0 bridgehead atoms. The number of ether oxygens (including phenoxy) is 2. The average molecular weight is 443 g/mol. The maximum atomic E-state index is 12.6. The number of rotatable bonds is 9. The second-order valence-electron chi connectivity index (χ2n) is 7.00. The van der Waals surface area contributed by atoms with Crippen LogP contribution in [0.15, 0.2) is 42.0 Å². The van der Waals surface area contributed by atoms with Gasteiger partial charge in [-0.3, -0.25) is 14.4 Å².